The number of nitrogens with one attached hydrogen (secondary N) is 1. The highest BCUT2D eigenvalue weighted by molar-refractivity contribution is 7.89. The number of amides is 1. The molecule has 1 N–H and O–H groups in total. The first kappa shape index (κ1) is 25.0. The lowest BCUT2D eigenvalue weighted by Crippen LogP contribution is -2.44. The number of benzene rings is 1. The Morgan fingerprint density at radius 1 is 1.23 bits per heavy atom. The number of halogens is 3. The van der Waals surface area contributed by atoms with E-state index >= 15 is 0 Å². The van der Waals surface area contributed by atoms with Crippen LogP contribution in [0.2, 0.25) is 0 Å². The molecule has 170 valence electrons. The van der Waals surface area contributed by atoms with Crippen molar-refractivity contribution in [2.24, 2.45) is 0 Å². The molecule has 0 spiro atoms. The maximum atomic E-state index is 13.3. The molecule has 0 aromatic heterocycles. The molecule has 1 aromatic carbocycles. The molecule has 12 heteroatoms. The van der Waals surface area contributed by atoms with Crippen molar-refractivity contribution in [2.45, 2.75) is 44.8 Å². The predicted octanol–water partition coefficient (Wildman–Crippen LogP) is 3.01. The van der Waals surface area contributed by atoms with Gasteiger partial charge < -0.3 is 4.90 Å². The molecular formula is C19H23F3N4O3S2. The van der Waals surface area contributed by atoms with Gasteiger partial charge in [-0.25, -0.2) is 13.1 Å². The van der Waals surface area contributed by atoms with Crippen LogP contribution in [0.5, 0.6) is 0 Å². The number of thiocarbonyl (C=S) groups is 1. The molecule has 31 heavy (non-hydrogen) atoms. The summed E-state index contributed by atoms with van der Waals surface area (Å²) < 4.78 is 65.2. The molecule has 1 amide bonds. The number of alkyl halides is 3. The van der Waals surface area contributed by atoms with Crippen LogP contribution in [0.3, 0.4) is 0 Å². The van der Waals surface area contributed by atoms with Crippen LogP contribution in [0.1, 0.15) is 44.2 Å². The quantitative estimate of drug-likeness (QED) is 0.458. The molecular weight excluding hydrogens is 453 g/mol. The molecule has 0 radical (unpaired) electrons. The molecule has 0 saturated carbocycles. The number of carbonyl (C=O) groups is 1. The van der Waals surface area contributed by atoms with Crippen molar-refractivity contribution in [1.82, 2.24) is 9.62 Å². The van der Waals surface area contributed by atoms with Gasteiger partial charge in [-0.1, -0.05) is 6.42 Å². The minimum atomic E-state index is -4.76. The number of unbranched alkanes of at least 4 members (excludes halogenated alkanes) is 2. The van der Waals surface area contributed by atoms with Crippen molar-refractivity contribution in [2.75, 3.05) is 24.2 Å². The number of hydrogen-bond donors (Lipinski definition) is 1. The van der Waals surface area contributed by atoms with Crippen molar-refractivity contribution >= 4 is 38.9 Å². The van der Waals surface area contributed by atoms with E-state index in [0.29, 0.717) is 25.8 Å². The summed E-state index contributed by atoms with van der Waals surface area (Å²) >= 11 is 5.40. The number of hydrogen-bond acceptors (Lipinski definition) is 5. The van der Waals surface area contributed by atoms with Crippen LogP contribution in [-0.2, 0) is 21.0 Å². The van der Waals surface area contributed by atoms with E-state index in [1.165, 1.54) is 19.2 Å². The van der Waals surface area contributed by atoms with Crippen LogP contribution < -0.4 is 9.62 Å². The van der Waals surface area contributed by atoms with Gasteiger partial charge in [-0.3, -0.25) is 9.69 Å². The van der Waals surface area contributed by atoms with Crippen LogP contribution >= 0.6 is 12.2 Å². The standard InChI is InChI=1S/C19H23F3N4O3S2/c1-18(2)16(27)26(14-8-7-13(12-23)15(11-14)19(20,21)22)17(30)25(18)9-5-4-6-10-31(28,29)24-3/h7-8,11,24H,4-6,9-10H2,1-3H3. The molecule has 1 aliphatic rings. The van der Waals surface area contributed by atoms with Gasteiger partial charge in [-0.15, -0.1) is 0 Å². The Bertz CT molecular complexity index is 1020. The molecule has 7 nitrogen and oxygen atoms in total. The Kier molecular flexibility index (Phi) is 7.35. The van der Waals surface area contributed by atoms with Gasteiger partial charge in [-0.05, 0) is 64.2 Å². The number of sulfonamides is 1. The van der Waals surface area contributed by atoms with Gasteiger partial charge in [0.05, 0.1) is 28.6 Å². The van der Waals surface area contributed by atoms with Gasteiger partial charge >= 0.3 is 6.18 Å². The average Bonchev–Trinajstić information content (AvgIpc) is 2.85. The van der Waals surface area contributed by atoms with Crippen molar-refractivity contribution in [3.8, 4) is 6.07 Å². The Hall–Kier alpha value is -2.23. The first-order valence-corrected chi connectivity index (χ1v) is 11.5. The monoisotopic (exact) mass is 476 g/mol. The second-order valence-corrected chi connectivity index (χ2v) is 9.97. The molecule has 1 aliphatic heterocycles. The van der Waals surface area contributed by atoms with Crippen molar-refractivity contribution in [3.05, 3.63) is 29.3 Å². The third kappa shape index (κ3) is 5.34. The minimum absolute atomic E-state index is 0.0200. The maximum Gasteiger partial charge on any atom is 0.417 e. The van der Waals surface area contributed by atoms with Gasteiger partial charge in [0.2, 0.25) is 10.0 Å². The first-order chi connectivity index (χ1) is 14.3. The summed E-state index contributed by atoms with van der Waals surface area (Å²) in [4.78, 5) is 15.7. The van der Waals surface area contributed by atoms with Gasteiger partial charge in [0.15, 0.2) is 5.11 Å². The smallest absolute Gasteiger partial charge is 0.334 e. The van der Waals surface area contributed by atoms with Crippen molar-refractivity contribution in [3.63, 3.8) is 0 Å². The van der Waals surface area contributed by atoms with Gasteiger partial charge in [0, 0.05) is 6.54 Å². The lowest BCUT2D eigenvalue weighted by Gasteiger charge is -2.29. The number of rotatable bonds is 8. The molecule has 2 rings (SSSR count). The predicted molar refractivity (Wildman–Crippen MR) is 114 cm³/mol. The fraction of sp³-hybridized carbons (Fsp3) is 0.526. The van der Waals surface area contributed by atoms with Crippen LogP contribution in [-0.4, -0.2) is 49.2 Å². The van der Waals surface area contributed by atoms with E-state index in [9.17, 15) is 26.4 Å². The minimum Gasteiger partial charge on any atom is -0.334 e. The molecule has 1 aromatic rings. The Labute approximate surface area is 184 Å². The van der Waals surface area contributed by atoms with Crippen molar-refractivity contribution < 1.29 is 26.4 Å². The molecule has 0 bridgehead atoms. The van der Waals surface area contributed by atoms with E-state index in [0.717, 1.165) is 17.0 Å². The number of carbonyl (C=O) groups excluding carboxylic acids is 1. The zero-order chi connectivity index (χ0) is 23.6. The lowest BCUT2D eigenvalue weighted by atomic mass is 10.0. The van der Waals surface area contributed by atoms with Crippen LogP contribution in [0, 0.1) is 11.3 Å². The van der Waals surface area contributed by atoms with Gasteiger partial charge in [0.1, 0.15) is 5.54 Å². The molecule has 1 heterocycles. The lowest BCUT2D eigenvalue weighted by molar-refractivity contribution is -0.137. The Morgan fingerprint density at radius 2 is 1.87 bits per heavy atom. The number of nitrogens with zero attached hydrogens (tertiary/aromatic N) is 3. The summed E-state index contributed by atoms with van der Waals surface area (Å²) in [5, 5.41) is 9.03. The first-order valence-electron chi connectivity index (χ1n) is 9.45. The number of nitriles is 1. The summed E-state index contributed by atoms with van der Waals surface area (Å²) in [7, 11) is -1.95. The second-order valence-electron chi connectivity index (χ2n) is 7.56. The van der Waals surface area contributed by atoms with Crippen LogP contribution in [0.4, 0.5) is 18.9 Å². The molecule has 0 aliphatic carbocycles. The van der Waals surface area contributed by atoms with Gasteiger partial charge in [0.25, 0.3) is 5.91 Å². The second kappa shape index (κ2) is 9.10. The van der Waals surface area contributed by atoms with E-state index in [2.05, 4.69) is 4.72 Å². The maximum absolute atomic E-state index is 13.3. The zero-order valence-corrected chi connectivity index (χ0v) is 18.9. The molecule has 1 saturated heterocycles. The largest absolute Gasteiger partial charge is 0.417 e. The zero-order valence-electron chi connectivity index (χ0n) is 17.3. The molecule has 1 fully saturated rings. The average molecular weight is 477 g/mol. The van der Waals surface area contributed by atoms with Crippen LogP contribution in [0.25, 0.3) is 0 Å². The molecule has 0 atom stereocenters. The van der Waals surface area contributed by atoms with Gasteiger partial charge in [-0.2, -0.15) is 18.4 Å². The van der Waals surface area contributed by atoms with Crippen LogP contribution in [0.15, 0.2) is 18.2 Å². The fourth-order valence-corrected chi connectivity index (χ4v) is 4.58. The number of anilines is 1. The normalized spacial score (nSPS) is 16.7. The Balaban J connectivity index is 2.20. The highest BCUT2D eigenvalue weighted by Crippen LogP contribution is 2.37. The third-order valence-corrected chi connectivity index (χ3v) is 6.97. The van der Waals surface area contributed by atoms with E-state index < -0.39 is 38.8 Å². The fourth-order valence-electron chi connectivity index (χ4n) is 3.28. The van der Waals surface area contributed by atoms with E-state index in [1.807, 2.05) is 0 Å². The summed E-state index contributed by atoms with van der Waals surface area (Å²) in [6.45, 7) is 3.60. The highest BCUT2D eigenvalue weighted by atomic mass is 32.2. The van der Waals surface area contributed by atoms with Crippen molar-refractivity contribution in [1.29, 1.82) is 5.26 Å². The SMILES string of the molecule is CNS(=O)(=O)CCCCCN1C(=S)N(c2ccc(C#N)c(C(F)(F)F)c2)C(=O)C1(C)C. The Morgan fingerprint density at radius 3 is 2.42 bits per heavy atom. The van der Waals surface area contributed by atoms with E-state index in [1.54, 1.807) is 18.7 Å². The third-order valence-electron chi connectivity index (χ3n) is 5.12. The topological polar surface area (TPSA) is 93.5 Å². The summed E-state index contributed by atoms with van der Waals surface area (Å²) in [5.74, 6) is -0.499. The van der Waals surface area contributed by atoms with E-state index in [-0.39, 0.29) is 16.6 Å². The summed E-state index contributed by atoms with van der Waals surface area (Å²) in [6.07, 6.45) is -3.22. The summed E-state index contributed by atoms with van der Waals surface area (Å²) in [6, 6.07) is 4.55. The van der Waals surface area contributed by atoms with E-state index in [4.69, 9.17) is 17.5 Å². The summed E-state index contributed by atoms with van der Waals surface area (Å²) in [5.41, 5.74) is -2.82. The molecule has 0 unspecified atom stereocenters. The highest BCUT2D eigenvalue weighted by Gasteiger charge is 2.49.